The van der Waals surface area contributed by atoms with Gasteiger partial charge in [-0.15, -0.1) is 11.3 Å². The van der Waals surface area contributed by atoms with Gasteiger partial charge in [-0.1, -0.05) is 19.9 Å². The van der Waals surface area contributed by atoms with Crippen molar-refractivity contribution in [2.75, 3.05) is 18.4 Å². The number of sulfonamides is 1. The smallest absolute Gasteiger partial charge is 0.257 e. The number of rotatable bonds is 7. The van der Waals surface area contributed by atoms with Crippen LogP contribution in [0.3, 0.4) is 0 Å². The van der Waals surface area contributed by atoms with Crippen molar-refractivity contribution in [1.82, 2.24) is 9.29 Å². The fourth-order valence-corrected chi connectivity index (χ4v) is 5.30. The van der Waals surface area contributed by atoms with Crippen LogP contribution >= 0.6 is 11.3 Å². The number of amides is 1. The van der Waals surface area contributed by atoms with E-state index in [9.17, 15) is 13.2 Å². The van der Waals surface area contributed by atoms with Gasteiger partial charge in [0, 0.05) is 30.0 Å². The largest absolute Gasteiger partial charge is 0.298 e. The van der Waals surface area contributed by atoms with Gasteiger partial charge in [0.05, 0.1) is 10.6 Å². The summed E-state index contributed by atoms with van der Waals surface area (Å²) < 4.78 is 27.0. The zero-order chi connectivity index (χ0) is 18.9. The molecule has 1 aromatic carbocycles. The fourth-order valence-electron chi connectivity index (χ4n) is 2.80. The van der Waals surface area contributed by atoms with Crippen molar-refractivity contribution in [2.45, 2.75) is 44.4 Å². The Morgan fingerprint density at radius 1 is 1.31 bits per heavy atom. The normalized spacial score (nSPS) is 14.6. The molecule has 1 heterocycles. The van der Waals surface area contributed by atoms with Crippen molar-refractivity contribution in [3.63, 3.8) is 0 Å². The van der Waals surface area contributed by atoms with Gasteiger partial charge in [-0.25, -0.2) is 13.4 Å². The van der Waals surface area contributed by atoms with Crippen molar-refractivity contribution in [3.05, 3.63) is 40.4 Å². The summed E-state index contributed by atoms with van der Waals surface area (Å²) in [5, 5.41) is 5.29. The van der Waals surface area contributed by atoms with Crippen LogP contribution in [0.1, 0.15) is 54.2 Å². The minimum atomic E-state index is -3.62. The molecule has 26 heavy (non-hydrogen) atoms. The standard InChI is InChI=1S/C18H23N3O3S2/c1-4-21(5-2)26(23,24)16-10-14(7-6-12(16)3)17(22)20-18-19-15(11-25-18)13-8-9-13/h6-7,10-11,13H,4-5,8-9H2,1-3H3,(H,19,20,22). The fraction of sp³-hybridized carbons (Fsp3) is 0.444. The molecular formula is C18H23N3O3S2. The van der Waals surface area contributed by atoms with Crippen LogP contribution in [0.4, 0.5) is 5.13 Å². The van der Waals surface area contributed by atoms with Crippen LogP contribution in [-0.4, -0.2) is 36.7 Å². The molecule has 0 saturated heterocycles. The van der Waals surface area contributed by atoms with Crippen LogP contribution in [0.2, 0.25) is 0 Å². The Morgan fingerprint density at radius 2 is 2.00 bits per heavy atom. The molecule has 0 bridgehead atoms. The SMILES string of the molecule is CCN(CC)S(=O)(=O)c1cc(C(=O)Nc2nc(C3CC3)cs2)ccc1C. The molecule has 1 fully saturated rings. The molecule has 1 amide bonds. The van der Waals surface area contributed by atoms with Gasteiger partial charge < -0.3 is 0 Å². The van der Waals surface area contributed by atoms with Crippen LogP contribution < -0.4 is 5.32 Å². The highest BCUT2D eigenvalue weighted by Gasteiger charge is 2.27. The number of hydrogen-bond acceptors (Lipinski definition) is 5. The van der Waals surface area contributed by atoms with Crippen LogP contribution in [0, 0.1) is 6.92 Å². The molecule has 1 N–H and O–H groups in total. The number of aryl methyl sites for hydroxylation is 1. The zero-order valence-corrected chi connectivity index (χ0v) is 16.8. The molecule has 1 aliphatic carbocycles. The number of nitrogens with one attached hydrogen (secondary N) is 1. The Balaban J connectivity index is 1.84. The van der Waals surface area contributed by atoms with Crippen molar-refractivity contribution >= 4 is 32.4 Å². The number of anilines is 1. The first kappa shape index (κ1) is 19.0. The number of carbonyl (C=O) groups excluding carboxylic acids is 1. The first-order chi connectivity index (χ1) is 12.4. The minimum Gasteiger partial charge on any atom is -0.298 e. The molecule has 0 aliphatic heterocycles. The van der Waals surface area contributed by atoms with E-state index in [1.165, 1.54) is 21.7 Å². The quantitative estimate of drug-likeness (QED) is 0.779. The lowest BCUT2D eigenvalue weighted by molar-refractivity contribution is 0.102. The Hall–Kier alpha value is -1.77. The highest BCUT2D eigenvalue weighted by atomic mass is 32.2. The maximum absolute atomic E-state index is 12.8. The molecule has 0 atom stereocenters. The number of carbonyl (C=O) groups is 1. The molecule has 2 aromatic rings. The van der Waals surface area contributed by atoms with Gasteiger partial charge in [0.1, 0.15) is 0 Å². The average molecular weight is 394 g/mol. The van der Waals surface area contributed by atoms with Crippen LogP contribution in [0.25, 0.3) is 0 Å². The maximum Gasteiger partial charge on any atom is 0.257 e. The van der Waals surface area contributed by atoms with Gasteiger partial charge >= 0.3 is 0 Å². The summed E-state index contributed by atoms with van der Waals surface area (Å²) in [5.41, 5.74) is 1.96. The van der Waals surface area contributed by atoms with Crippen molar-refractivity contribution in [2.24, 2.45) is 0 Å². The molecule has 8 heteroatoms. The third kappa shape index (κ3) is 3.82. The van der Waals surface area contributed by atoms with Gasteiger partial charge in [-0.3, -0.25) is 10.1 Å². The Kier molecular flexibility index (Phi) is 5.45. The molecule has 1 saturated carbocycles. The van der Waals surface area contributed by atoms with Crippen LogP contribution in [0.15, 0.2) is 28.5 Å². The van der Waals surface area contributed by atoms with Crippen molar-refractivity contribution in [3.8, 4) is 0 Å². The predicted molar refractivity (Wildman–Crippen MR) is 103 cm³/mol. The van der Waals surface area contributed by atoms with E-state index in [0.29, 0.717) is 35.3 Å². The zero-order valence-electron chi connectivity index (χ0n) is 15.2. The second-order valence-corrected chi connectivity index (χ2v) is 9.14. The van der Waals surface area contributed by atoms with E-state index in [2.05, 4.69) is 10.3 Å². The van der Waals surface area contributed by atoms with E-state index in [0.717, 1.165) is 18.5 Å². The molecule has 0 unspecified atom stereocenters. The van der Waals surface area contributed by atoms with E-state index in [1.54, 1.807) is 32.9 Å². The second-order valence-electron chi connectivity index (χ2n) is 6.38. The summed E-state index contributed by atoms with van der Waals surface area (Å²) in [6.45, 7) is 6.11. The maximum atomic E-state index is 12.8. The molecule has 0 radical (unpaired) electrons. The Labute approximate surface area is 158 Å². The predicted octanol–water partition coefficient (Wildman–Crippen LogP) is 3.61. The van der Waals surface area contributed by atoms with E-state index >= 15 is 0 Å². The topological polar surface area (TPSA) is 79.4 Å². The highest BCUT2D eigenvalue weighted by Crippen LogP contribution is 2.40. The van der Waals surface area contributed by atoms with E-state index in [-0.39, 0.29) is 10.8 Å². The average Bonchev–Trinajstić information content (AvgIpc) is 3.35. The number of aromatic nitrogens is 1. The third-order valence-corrected chi connectivity index (χ3v) is 7.48. The minimum absolute atomic E-state index is 0.173. The first-order valence-electron chi connectivity index (χ1n) is 8.74. The van der Waals surface area contributed by atoms with E-state index in [1.807, 2.05) is 5.38 Å². The summed E-state index contributed by atoms with van der Waals surface area (Å²) in [4.78, 5) is 17.2. The third-order valence-electron chi connectivity index (χ3n) is 4.51. The lowest BCUT2D eigenvalue weighted by Crippen LogP contribution is -2.31. The number of nitrogens with zero attached hydrogens (tertiary/aromatic N) is 2. The van der Waals surface area contributed by atoms with Gasteiger partial charge in [-0.2, -0.15) is 4.31 Å². The van der Waals surface area contributed by atoms with E-state index in [4.69, 9.17) is 0 Å². The monoisotopic (exact) mass is 393 g/mol. The van der Waals surface area contributed by atoms with Gasteiger partial charge in [0.2, 0.25) is 10.0 Å². The molecule has 1 aromatic heterocycles. The van der Waals surface area contributed by atoms with Crippen molar-refractivity contribution < 1.29 is 13.2 Å². The van der Waals surface area contributed by atoms with Gasteiger partial charge in [-0.05, 0) is 37.5 Å². The second kappa shape index (κ2) is 7.46. The lowest BCUT2D eigenvalue weighted by atomic mass is 10.1. The van der Waals surface area contributed by atoms with Gasteiger partial charge in [0.25, 0.3) is 5.91 Å². The molecule has 0 spiro atoms. The number of thiazole rings is 1. The summed E-state index contributed by atoms with van der Waals surface area (Å²) in [5.74, 6) is 0.180. The number of hydrogen-bond donors (Lipinski definition) is 1. The molecule has 1 aliphatic rings. The summed E-state index contributed by atoms with van der Waals surface area (Å²) >= 11 is 1.40. The molecule has 3 rings (SSSR count). The first-order valence-corrected chi connectivity index (χ1v) is 11.1. The van der Waals surface area contributed by atoms with Crippen molar-refractivity contribution in [1.29, 1.82) is 0 Å². The Bertz CT molecular complexity index is 914. The van der Waals surface area contributed by atoms with Crippen LogP contribution in [-0.2, 0) is 10.0 Å². The molecule has 6 nitrogen and oxygen atoms in total. The summed E-state index contributed by atoms with van der Waals surface area (Å²) in [6, 6.07) is 4.76. The van der Waals surface area contributed by atoms with Crippen LogP contribution in [0.5, 0.6) is 0 Å². The summed E-state index contributed by atoms with van der Waals surface area (Å²) in [6.07, 6.45) is 2.31. The number of benzene rings is 1. The molecular weight excluding hydrogens is 370 g/mol. The Morgan fingerprint density at radius 3 is 2.62 bits per heavy atom. The highest BCUT2D eigenvalue weighted by molar-refractivity contribution is 7.89. The lowest BCUT2D eigenvalue weighted by Gasteiger charge is -2.20. The van der Waals surface area contributed by atoms with Gasteiger partial charge in [0.15, 0.2) is 5.13 Å². The molecule has 140 valence electrons. The summed E-state index contributed by atoms with van der Waals surface area (Å²) in [7, 11) is -3.62. The van der Waals surface area contributed by atoms with E-state index < -0.39 is 10.0 Å².